The van der Waals surface area contributed by atoms with Crippen LogP contribution in [0.5, 0.6) is 0 Å². The number of hydrogen-bond donors (Lipinski definition) is 1. The van der Waals surface area contributed by atoms with Crippen LogP contribution in [-0.2, 0) is 21.8 Å². The molecule has 0 bridgehead atoms. The van der Waals surface area contributed by atoms with Gasteiger partial charge in [0.25, 0.3) is 0 Å². The number of sulfone groups is 1. The van der Waals surface area contributed by atoms with Gasteiger partial charge in [-0.25, -0.2) is 13.2 Å². The van der Waals surface area contributed by atoms with E-state index >= 15 is 0 Å². The van der Waals surface area contributed by atoms with Gasteiger partial charge in [-0.1, -0.05) is 6.07 Å². The Morgan fingerprint density at radius 3 is 2.28 bits per heavy atom. The summed E-state index contributed by atoms with van der Waals surface area (Å²) in [4.78, 5) is 10.6. The molecule has 0 spiro atoms. The molecule has 0 amide bonds. The smallest absolute Gasteiger partial charge is 0.416 e. The highest BCUT2D eigenvalue weighted by Crippen LogP contribution is 2.33. The Kier molecular flexibility index (Phi) is 3.70. The van der Waals surface area contributed by atoms with Crippen LogP contribution in [0, 0.1) is 0 Å². The van der Waals surface area contributed by atoms with Gasteiger partial charge in [0, 0.05) is 6.26 Å². The van der Waals surface area contributed by atoms with Crippen LogP contribution < -0.4 is 0 Å². The molecule has 0 aromatic heterocycles. The molecule has 0 radical (unpaired) electrons. The molecular formula is C10H9F3O4S. The van der Waals surface area contributed by atoms with E-state index in [9.17, 15) is 26.4 Å². The minimum absolute atomic E-state index is 0.433. The molecule has 0 saturated carbocycles. The van der Waals surface area contributed by atoms with Crippen molar-refractivity contribution in [3.63, 3.8) is 0 Å². The van der Waals surface area contributed by atoms with Crippen LogP contribution in [0.1, 0.15) is 21.5 Å². The third-order valence-corrected chi connectivity index (χ3v) is 2.92. The SMILES string of the molecule is CS(=O)(=O)Cc1ccc(C(=O)O)cc1C(F)(F)F. The van der Waals surface area contributed by atoms with Crippen molar-refractivity contribution in [1.82, 2.24) is 0 Å². The highest BCUT2D eigenvalue weighted by atomic mass is 32.2. The molecule has 0 saturated heterocycles. The summed E-state index contributed by atoms with van der Waals surface area (Å²) in [5, 5.41) is 8.61. The molecule has 0 aliphatic heterocycles. The molecule has 0 aliphatic rings. The summed E-state index contributed by atoms with van der Waals surface area (Å²) in [5.41, 5.74) is -2.25. The fourth-order valence-electron chi connectivity index (χ4n) is 1.38. The van der Waals surface area contributed by atoms with E-state index in [0.717, 1.165) is 18.4 Å². The number of carboxylic acid groups (broad SMARTS) is 1. The number of carboxylic acids is 1. The van der Waals surface area contributed by atoms with Gasteiger partial charge in [0.1, 0.15) is 0 Å². The lowest BCUT2D eigenvalue weighted by Crippen LogP contribution is -2.13. The van der Waals surface area contributed by atoms with Gasteiger partial charge in [-0.15, -0.1) is 0 Å². The second-order valence-electron chi connectivity index (χ2n) is 3.74. The van der Waals surface area contributed by atoms with Crippen molar-refractivity contribution in [1.29, 1.82) is 0 Å². The Labute approximate surface area is 101 Å². The number of rotatable bonds is 3. The molecule has 1 rings (SSSR count). The van der Waals surface area contributed by atoms with Crippen molar-refractivity contribution < 1.29 is 31.5 Å². The number of halogens is 3. The number of alkyl halides is 3. The zero-order valence-corrected chi connectivity index (χ0v) is 9.97. The van der Waals surface area contributed by atoms with Crippen LogP contribution in [-0.4, -0.2) is 25.7 Å². The summed E-state index contributed by atoms with van der Waals surface area (Å²) in [6, 6.07) is 2.24. The maximum Gasteiger partial charge on any atom is 0.416 e. The number of carbonyl (C=O) groups is 1. The van der Waals surface area contributed by atoms with Gasteiger partial charge in [-0.05, 0) is 17.7 Å². The topological polar surface area (TPSA) is 71.4 Å². The van der Waals surface area contributed by atoms with Crippen molar-refractivity contribution in [2.75, 3.05) is 6.26 Å². The molecule has 1 aromatic rings. The van der Waals surface area contributed by atoms with Crippen LogP contribution in [0.4, 0.5) is 13.2 Å². The van der Waals surface area contributed by atoms with Crippen molar-refractivity contribution in [3.05, 3.63) is 34.9 Å². The lowest BCUT2D eigenvalue weighted by atomic mass is 10.0. The van der Waals surface area contributed by atoms with E-state index in [4.69, 9.17) is 5.11 Å². The van der Waals surface area contributed by atoms with Crippen LogP contribution in [0.15, 0.2) is 18.2 Å². The van der Waals surface area contributed by atoms with Gasteiger partial charge in [0.2, 0.25) is 0 Å². The molecule has 0 heterocycles. The first-order valence-electron chi connectivity index (χ1n) is 4.62. The lowest BCUT2D eigenvalue weighted by molar-refractivity contribution is -0.138. The summed E-state index contributed by atoms with van der Waals surface area (Å²) in [7, 11) is -3.64. The summed E-state index contributed by atoms with van der Waals surface area (Å²) in [6.07, 6.45) is -4.00. The van der Waals surface area contributed by atoms with Crippen LogP contribution >= 0.6 is 0 Å². The van der Waals surface area contributed by atoms with E-state index in [1.54, 1.807) is 0 Å². The minimum atomic E-state index is -4.80. The molecule has 4 nitrogen and oxygen atoms in total. The van der Waals surface area contributed by atoms with E-state index in [2.05, 4.69) is 0 Å². The zero-order valence-electron chi connectivity index (χ0n) is 9.15. The molecule has 100 valence electrons. The molecule has 8 heteroatoms. The highest BCUT2D eigenvalue weighted by Gasteiger charge is 2.34. The first-order valence-corrected chi connectivity index (χ1v) is 6.68. The van der Waals surface area contributed by atoms with Gasteiger partial charge >= 0.3 is 12.1 Å². The highest BCUT2D eigenvalue weighted by molar-refractivity contribution is 7.89. The molecule has 1 aromatic carbocycles. The van der Waals surface area contributed by atoms with Crippen molar-refractivity contribution in [3.8, 4) is 0 Å². The Morgan fingerprint density at radius 1 is 1.33 bits per heavy atom. The minimum Gasteiger partial charge on any atom is -0.478 e. The fraction of sp³-hybridized carbons (Fsp3) is 0.300. The van der Waals surface area contributed by atoms with Crippen LogP contribution in [0.25, 0.3) is 0 Å². The third-order valence-electron chi connectivity index (χ3n) is 2.08. The van der Waals surface area contributed by atoms with E-state index < -0.39 is 44.4 Å². The molecule has 0 fully saturated rings. The predicted octanol–water partition coefficient (Wildman–Crippen LogP) is 1.95. The van der Waals surface area contributed by atoms with Gasteiger partial charge in [0.15, 0.2) is 9.84 Å². The Balaban J connectivity index is 3.39. The van der Waals surface area contributed by atoms with Gasteiger partial charge in [0.05, 0.1) is 16.9 Å². The first kappa shape index (κ1) is 14.5. The third kappa shape index (κ3) is 3.73. The largest absolute Gasteiger partial charge is 0.478 e. The summed E-state index contributed by atoms with van der Waals surface area (Å²) < 4.78 is 60.1. The number of aromatic carboxylic acids is 1. The summed E-state index contributed by atoms with van der Waals surface area (Å²) in [6.45, 7) is 0. The normalized spacial score (nSPS) is 12.4. The lowest BCUT2D eigenvalue weighted by Gasteiger charge is -2.12. The van der Waals surface area contributed by atoms with Crippen LogP contribution in [0.3, 0.4) is 0 Å². The first-order chi connectivity index (χ1) is 8.00. The maximum atomic E-state index is 12.7. The molecule has 1 N–H and O–H groups in total. The van der Waals surface area contributed by atoms with Crippen molar-refractivity contribution in [2.45, 2.75) is 11.9 Å². The number of benzene rings is 1. The molecule has 0 unspecified atom stereocenters. The van der Waals surface area contributed by atoms with E-state index in [0.29, 0.717) is 6.07 Å². The molecule has 18 heavy (non-hydrogen) atoms. The molecular weight excluding hydrogens is 273 g/mol. The predicted molar refractivity (Wildman–Crippen MR) is 57.0 cm³/mol. The van der Waals surface area contributed by atoms with Gasteiger partial charge in [-0.3, -0.25) is 0 Å². The van der Waals surface area contributed by atoms with Crippen molar-refractivity contribution >= 4 is 15.8 Å². The fourth-order valence-corrected chi connectivity index (χ4v) is 2.20. The standard InChI is InChI=1S/C10H9F3O4S/c1-18(16,17)5-7-3-2-6(9(14)15)4-8(7)10(11,12)13/h2-4H,5H2,1H3,(H,14,15). The van der Waals surface area contributed by atoms with Gasteiger partial charge < -0.3 is 5.11 Å². The second kappa shape index (κ2) is 4.60. The molecule has 0 aliphatic carbocycles. The van der Waals surface area contributed by atoms with Crippen LogP contribution in [0.2, 0.25) is 0 Å². The average Bonchev–Trinajstić information content (AvgIpc) is 2.13. The quantitative estimate of drug-likeness (QED) is 0.919. The van der Waals surface area contributed by atoms with E-state index in [1.165, 1.54) is 0 Å². The maximum absolute atomic E-state index is 12.7. The van der Waals surface area contributed by atoms with E-state index in [-0.39, 0.29) is 0 Å². The van der Waals surface area contributed by atoms with Crippen molar-refractivity contribution in [2.24, 2.45) is 0 Å². The summed E-state index contributed by atoms with van der Waals surface area (Å²) in [5.74, 6) is -2.30. The van der Waals surface area contributed by atoms with E-state index in [1.807, 2.05) is 0 Å². The Bertz CT molecular complexity index is 575. The summed E-state index contributed by atoms with van der Waals surface area (Å²) >= 11 is 0. The zero-order chi connectivity index (χ0) is 14.1. The van der Waals surface area contributed by atoms with Gasteiger partial charge in [-0.2, -0.15) is 13.2 Å². The monoisotopic (exact) mass is 282 g/mol. The number of hydrogen-bond acceptors (Lipinski definition) is 3. The Hall–Kier alpha value is -1.57. The molecule has 0 atom stereocenters. The Morgan fingerprint density at radius 2 is 1.89 bits per heavy atom. The average molecular weight is 282 g/mol. The second-order valence-corrected chi connectivity index (χ2v) is 5.89.